The Kier molecular flexibility index (Phi) is 5.63. The summed E-state index contributed by atoms with van der Waals surface area (Å²) in [5.74, 6) is 0.936. The molecule has 0 amide bonds. The zero-order valence-corrected chi connectivity index (χ0v) is 11.7. The van der Waals surface area contributed by atoms with Crippen LogP contribution in [-0.2, 0) is 11.2 Å². The maximum absolute atomic E-state index is 5.89. The van der Waals surface area contributed by atoms with Gasteiger partial charge >= 0.3 is 0 Å². The van der Waals surface area contributed by atoms with Crippen molar-refractivity contribution < 1.29 is 9.47 Å². The Labute approximate surface area is 115 Å². The second-order valence-electron chi connectivity index (χ2n) is 4.85. The van der Waals surface area contributed by atoms with Gasteiger partial charge in [-0.3, -0.25) is 4.90 Å². The van der Waals surface area contributed by atoms with Crippen molar-refractivity contribution >= 4 is 0 Å². The summed E-state index contributed by atoms with van der Waals surface area (Å²) >= 11 is 0. The van der Waals surface area contributed by atoms with E-state index in [-0.39, 0.29) is 6.04 Å². The number of hydrogen-bond acceptors (Lipinski definition) is 4. The highest BCUT2D eigenvalue weighted by Crippen LogP contribution is 2.15. The second-order valence-corrected chi connectivity index (χ2v) is 4.85. The summed E-state index contributed by atoms with van der Waals surface area (Å²) in [7, 11) is 0. The number of rotatable bonds is 6. The van der Waals surface area contributed by atoms with Gasteiger partial charge in [0.15, 0.2) is 0 Å². The lowest BCUT2D eigenvalue weighted by Gasteiger charge is -2.33. The van der Waals surface area contributed by atoms with E-state index in [4.69, 9.17) is 15.2 Å². The molecule has 0 aliphatic carbocycles. The van der Waals surface area contributed by atoms with Crippen LogP contribution in [0.25, 0.3) is 0 Å². The Hall–Kier alpha value is -1.10. The van der Waals surface area contributed by atoms with Crippen molar-refractivity contribution in [1.29, 1.82) is 0 Å². The highest BCUT2D eigenvalue weighted by Gasteiger charge is 2.20. The van der Waals surface area contributed by atoms with Gasteiger partial charge in [-0.2, -0.15) is 0 Å². The molecule has 1 aliphatic heterocycles. The minimum absolute atomic E-state index is 0.272. The predicted octanol–water partition coefficient (Wildman–Crippen LogP) is 1.29. The van der Waals surface area contributed by atoms with Crippen LogP contribution in [0.15, 0.2) is 24.3 Å². The van der Waals surface area contributed by atoms with Crippen LogP contribution in [0.4, 0.5) is 0 Å². The number of nitrogens with two attached hydrogens (primary N) is 1. The molecule has 0 spiro atoms. The van der Waals surface area contributed by atoms with Crippen molar-refractivity contribution in [2.24, 2.45) is 5.73 Å². The first-order chi connectivity index (χ1) is 9.33. The number of benzene rings is 1. The highest BCUT2D eigenvalue weighted by atomic mass is 16.5. The molecule has 0 bridgehead atoms. The lowest BCUT2D eigenvalue weighted by Crippen LogP contribution is -2.49. The van der Waals surface area contributed by atoms with E-state index < -0.39 is 0 Å². The lowest BCUT2D eigenvalue weighted by molar-refractivity contribution is 0.00823. The third-order valence-electron chi connectivity index (χ3n) is 3.58. The Bertz CT molecular complexity index is 378. The van der Waals surface area contributed by atoms with E-state index in [1.54, 1.807) is 0 Å². The first-order valence-electron chi connectivity index (χ1n) is 7.07. The first-order valence-corrected chi connectivity index (χ1v) is 7.07. The summed E-state index contributed by atoms with van der Waals surface area (Å²) in [6, 6.07) is 8.54. The molecule has 0 saturated carbocycles. The summed E-state index contributed by atoms with van der Waals surface area (Å²) in [6.07, 6.45) is 1.03. The van der Waals surface area contributed by atoms with Crippen LogP contribution < -0.4 is 10.5 Å². The van der Waals surface area contributed by atoms with E-state index in [1.807, 2.05) is 12.1 Å². The normalized spacial score (nSPS) is 18.2. The topological polar surface area (TPSA) is 47.7 Å². The Morgan fingerprint density at radius 1 is 1.37 bits per heavy atom. The summed E-state index contributed by atoms with van der Waals surface area (Å²) in [5.41, 5.74) is 7.16. The van der Waals surface area contributed by atoms with Crippen LogP contribution in [0, 0.1) is 0 Å². The fraction of sp³-hybridized carbons (Fsp3) is 0.600. The summed E-state index contributed by atoms with van der Waals surface area (Å²) in [5, 5.41) is 0. The maximum Gasteiger partial charge on any atom is 0.119 e. The van der Waals surface area contributed by atoms with Crippen LogP contribution in [0.5, 0.6) is 5.75 Å². The average Bonchev–Trinajstić information content (AvgIpc) is 2.49. The van der Waals surface area contributed by atoms with Gasteiger partial charge in [-0.15, -0.1) is 0 Å². The van der Waals surface area contributed by atoms with Crippen molar-refractivity contribution in [3.8, 4) is 5.75 Å². The molecule has 106 valence electrons. The van der Waals surface area contributed by atoms with Crippen molar-refractivity contribution in [2.75, 3.05) is 39.5 Å². The number of ether oxygens (including phenoxy) is 2. The van der Waals surface area contributed by atoms with Crippen LogP contribution >= 0.6 is 0 Å². The zero-order valence-electron chi connectivity index (χ0n) is 11.7. The molecule has 0 radical (unpaired) electrons. The molecule has 2 N–H and O–H groups in total. The van der Waals surface area contributed by atoms with Gasteiger partial charge < -0.3 is 15.2 Å². The molecule has 19 heavy (non-hydrogen) atoms. The molecule has 2 rings (SSSR count). The monoisotopic (exact) mass is 264 g/mol. The molecule has 1 heterocycles. The Morgan fingerprint density at radius 3 is 2.84 bits per heavy atom. The van der Waals surface area contributed by atoms with E-state index in [0.29, 0.717) is 13.2 Å². The van der Waals surface area contributed by atoms with E-state index in [0.717, 1.165) is 38.5 Å². The summed E-state index contributed by atoms with van der Waals surface area (Å²) in [4.78, 5) is 2.35. The fourth-order valence-electron chi connectivity index (χ4n) is 2.31. The molecule has 4 nitrogen and oxygen atoms in total. The first kappa shape index (κ1) is 14.3. The van der Waals surface area contributed by atoms with Gasteiger partial charge in [0.25, 0.3) is 0 Å². The Balaban J connectivity index is 1.87. The number of nitrogens with zero attached hydrogens (tertiary/aromatic N) is 1. The van der Waals surface area contributed by atoms with Gasteiger partial charge in [-0.1, -0.05) is 19.1 Å². The molecule has 1 aliphatic rings. The van der Waals surface area contributed by atoms with E-state index in [1.165, 1.54) is 5.56 Å². The standard InChI is InChI=1S/C15H24N2O2/c1-2-13-4-3-5-15(10-13)19-12-14(11-16)17-6-8-18-9-7-17/h3-5,10,14H,2,6-9,11-12,16H2,1H3. The van der Waals surface area contributed by atoms with E-state index in [9.17, 15) is 0 Å². The quantitative estimate of drug-likeness (QED) is 0.841. The minimum Gasteiger partial charge on any atom is -0.492 e. The smallest absolute Gasteiger partial charge is 0.119 e. The molecule has 1 fully saturated rings. The van der Waals surface area contributed by atoms with E-state index in [2.05, 4.69) is 24.0 Å². The molecule has 1 saturated heterocycles. The molecule has 1 unspecified atom stereocenters. The van der Waals surface area contributed by atoms with Crippen molar-refractivity contribution in [2.45, 2.75) is 19.4 Å². The van der Waals surface area contributed by atoms with E-state index >= 15 is 0 Å². The van der Waals surface area contributed by atoms with Crippen molar-refractivity contribution in [1.82, 2.24) is 4.90 Å². The third kappa shape index (κ3) is 4.20. The summed E-state index contributed by atoms with van der Waals surface area (Å²) < 4.78 is 11.3. The van der Waals surface area contributed by atoms with Gasteiger partial charge in [-0.05, 0) is 24.1 Å². The molecule has 0 aromatic heterocycles. The SMILES string of the molecule is CCc1cccc(OCC(CN)N2CCOCC2)c1. The van der Waals surface area contributed by atoms with Gasteiger partial charge in [0, 0.05) is 19.6 Å². The van der Waals surface area contributed by atoms with Gasteiger partial charge in [-0.25, -0.2) is 0 Å². The van der Waals surface area contributed by atoms with Crippen LogP contribution in [0.1, 0.15) is 12.5 Å². The predicted molar refractivity (Wildman–Crippen MR) is 76.5 cm³/mol. The molecule has 4 heteroatoms. The molecular formula is C15H24N2O2. The number of aryl methyl sites for hydroxylation is 1. The number of morpholine rings is 1. The van der Waals surface area contributed by atoms with Crippen LogP contribution in [0.2, 0.25) is 0 Å². The molecule has 1 aromatic carbocycles. The Morgan fingerprint density at radius 2 is 2.16 bits per heavy atom. The van der Waals surface area contributed by atoms with Gasteiger partial charge in [0.05, 0.1) is 19.3 Å². The molecule has 1 aromatic rings. The summed E-state index contributed by atoms with van der Waals surface area (Å²) in [6.45, 7) is 6.89. The maximum atomic E-state index is 5.89. The van der Waals surface area contributed by atoms with Crippen molar-refractivity contribution in [3.63, 3.8) is 0 Å². The average molecular weight is 264 g/mol. The molecular weight excluding hydrogens is 240 g/mol. The van der Waals surface area contributed by atoms with Crippen LogP contribution in [-0.4, -0.2) is 50.4 Å². The van der Waals surface area contributed by atoms with Gasteiger partial charge in [0.2, 0.25) is 0 Å². The largest absolute Gasteiger partial charge is 0.492 e. The minimum atomic E-state index is 0.272. The van der Waals surface area contributed by atoms with Crippen molar-refractivity contribution in [3.05, 3.63) is 29.8 Å². The highest BCUT2D eigenvalue weighted by molar-refractivity contribution is 5.28. The van der Waals surface area contributed by atoms with Gasteiger partial charge in [0.1, 0.15) is 12.4 Å². The third-order valence-corrected chi connectivity index (χ3v) is 3.58. The number of hydrogen-bond donors (Lipinski definition) is 1. The lowest BCUT2D eigenvalue weighted by atomic mass is 10.2. The molecule has 1 atom stereocenters. The fourth-order valence-corrected chi connectivity index (χ4v) is 2.31. The second kappa shape index (κ2) is 7.48. The zero-order chi connectivity index (χ0) is 13.5. The van der Waals surface area contributed by atoms with Crippen LogP contribution in [0.3, 0.4) is 0 Å².